The molecule has 0 heterocycles. The molecule has 1 aromatic carbocycles. The Morgan fingerprint density at radius 3 is 2.35 bits per heavy atom. The van der Waals surface area contributed by atoms with Crippen molar-refractivity contribution < 1.29 is 24.2 Å². The number of primary amides is 1. The van der Waals surface area contributed by atoms with Crippen molar-refractivity contribution in [1.82, 2.24) is 5.32 Å². The Morgan fingerprint density at radius 2 is 1.90 bits per heavy atom. The van der Waals surface area contributed by atoms with Gasteiger partial charge in [-0.15, -0.1) is 0 Å². The van der Waals surface area contributed by atoms with Crippen LogP contribution in [0.15, 0.2) is 30.3 Å². The molecule has 7 nitrogen and oxygen atoms in total. The standard InChI is InChI=1S/C13H16N2O5/c1-20-11(8-5-3-2-4-6-8)12(17)15-9(13(18)19)7-10(14)16/h2-6,9,11H,7H2,1H3,(H2,14,16)(H,15,17)(H,18,19). The van der Waals surface area contributed by atoms with Gasteiger partial charge in [0.1, 0.15) is 6.04 Å². The summed E-state index contributed by atoms with van der Waals surface area (Å²) < 4.78 is 5.06. The fourth-order valence-corrected chi connectivity index (χ4v) is 1.67. The first-order valence-electron chi connectivity index (χ1n) is 5.85. The van der Waals surface area contributed by atoms with Crippen molar-refractivity contribution in [2.75, 3.05) is 7.11 Å². The van der Waals surface area contributed by atoms with E-state index in [4.69, 9.17) is 15.6 Å². The number of methoxy groups -OCH3 is 1. The largest absolute Gasteiger partial charge is 0.480 e. The van der Waals surface area contributed by atoms with E-state index in [2.05, 4.69) is 5.32 Å². The fourth-order valence-electron chi connectivity index (χ4n) is 1.67. The molecule has 0 fully saturated rings. The molecular weight excluding hydrogens is 264 g/mol. The number of hydrogen-bond donors (Lipinski definition) is 3. The number of nitrogens with two attached hydrogens (primary N) is 1. The van der Waals surface area contributed by atoms with Crippen molar-refractivity contribution in [2.45, 2.75) is 18.6 Å². The van der Waals surface area contributed by atoms with Crippen molar-refractivity contribution in [1.29, 1.82) is 0 Å². The summed E-state index contributed by atoms with van der Waals surface area (Å²) in [6, 6.07) is 7.22. The zero-order valence-electron chi connectivity index (χ0n) is 10.9. The number of carbonyl (C=O) groups is 3. The number of carboxylic acid groups (broad SMARTS) is 1. The fraction of sp³-hybridized carbons (Fsp3) is 0.308. The molecular formula is C13H16N2O5. The number of amides is 2. The van der Waals surface area contributed by atoms with Crippen molar-refractivity contribution in [3.8, 4) is 0 Å². The summed E-state index contributed by atoms with van der Waals surface area (Å²) in [5.41, 5.74) is 5.52. The van der Waals surface area contributed by atoms with Gasteiger partial charge in [-0.1, -0.05) is 30.3 Å². The molecule has 108 valence electrons. The third kappa shape index (κ3) is 4.36. The van der Waals surface area contributed by atoms with Gasteiger partial charge in [0.2, 0.25) is 5.91 Å². The minimum absolute atomic E-state index is 0.480. The number of hydrogen-bond acceptors (Lipinski definition) is 4. The smallest absolute Gasteiger partial charge is 0.326 e. The lowest BCUT2D eigenvalue weighted by Gasteiger charge is -2.19. The lowest BCUT2D eigenvalue weighted by Crippen LogP contribution is -2.45. The molecule has 0 aliphatic rings. The molecule has 0 spiro atoms. The molecule has 0 aliphatic carbocycles. The van der Waals surface area contributed by atoms with E-state index >= 15 is 0 Å². The molecule has 0 bridgehead atoms. The van der Waals surface area contributed by atoms with E-state index in [1.807, 2.05) is 0 Å². The topological polar surface area (TPSA) is 119 Å². The number of aliphatic carboxylic acids is 1. The zero-order chi connectivity index (χ0) is 15.1. The van der Waals surface area contributed by atoms with Gasteiger partial charge >= 0.3 is 5.97 Å². The second-order valence-corrected chi connectivity index (χ2v) is 4.10. The molecule has 20 heavy (non-hydrogen) atoms. The van der Waals surface area contributed by atoms with Crippen molar-refractivity contribution in [3.63, 3.8) is 0 Å². The number of benzene rings is 1. The van der Waals surface area contributed by atoms with E-state index < -0.39 is 36.4 Å². The first kappa shape index (κ1) is 15.6. The molecule has 0 saturated heterocycles. The molecule has 0 aliphatic heterocycles. The van der Waals surface area contributed by atoms with Crippen LogP contribution in [-0.4, -0.2) is 36.0 Å². The maximum absolute atomic E-state index is 12.0. The van der Waals surface area contributed by atoms with Crippen LogP contribution in [-0.2, 0) is 19.1 Å². The van der Waals surface area contributed by atoms with Crippen molar-refractivity contribution in [2.24, 2.45) is 5.73 Å². The lowest BCUT2D eigenvalue weighted by atomic mass is 10.1. The Hall–Kier alpha value is -2.41. The molecule has 0 radical (unpaired) electrons. The summed E-state index contributed by atoms with van der Waals surface area (Å²) in [4.78, 5) is 33.8. The summed E-state index contributed by atoms with van der Waals surface area (Å²) in [5, 5.41) is 11.2. The number of carboxylic acids is 1. The van der Waals surface area contributed by atoms with Crippen LogP contribution in [0.2, 0.25) is 0 Å². The quantitative estimate of drug-likeness (QED) is 0.640. The maximum atomic E-state index is 12.0. The summed E-state index contributed by atoms with van der Waals surface area (Å²) >= 11 is 0. The minimum Gasteiger partial charge on any atom is -0.480 e. The minimum atomic E-state index is -1.37. The third-order valence-corrected chi connectivity index (χ3v) is 2.60. The van der Waals surface area contributed by atoms with Crippen LogP contribution in [0.4, 0.5) is 0 Å². The highest BCUT2D eigenvalue weighted by molar-refractivity contribution is 5.90. The third-order valence-electron chi connectivity index (χ3n) is 2.60. The summed E-state index contributed by atoms with van der Waals surface area (Å²) in [6.07, 6.45) is -1.43. The second-order valence-electron chi connectivity index (χ2n) is 4.10. The van der Waals surface area contributed by atoms with Gasteiger partial charge in [0.25, 0.3) is 5.91 Å². The van der Waals surface area contributed by atoms with E-state index in [9.17, 15) is 14.4 Å². The van der Waals surface area contributed by atoms with Crippen LogP contribution < -0.4 is 11.1 Å². The molecule has 2 atom stereocenters. The highest BCUT2D eigenvalue weighted by Gasteiger charge is 2.27. The summed E-state index contributed by atoms with van der Waals surface area (Å²) in [5.74, 6) is -2.79. The summed E-state index contributed by atoms with van der Waals surface area (Å²) in [6.45, 7) is 0. The normalized spacial score (nSPS) is 13.2. The maximum Gasteiger partial charge on any atom is 0.326 e. The Morgan fingerprint density at radius 1 is 1.30 bits per heavy atom. The van der Waals surface area contributed by atoms with Crippen molar-refractivity contribution >= 4 is 17.8 Å². The van der Waals surface area contributed by atoms with Crippen LogP contribution >= 0.6 is 0 Å². The van der Waals surface area contributed by atoms with Crippen LogP contribution in [0.3, 0.4) is 0 Å². The first-order valence-corrected chi connectivity index (χ1v) is 5.85. The van der Waals surface area contributed by atoms with Gasteiger partial charge in [0.05, 0.1) is 6.42 Å². The first-order chi connectivity index (χ1) is 9.45. The second kappa shape index (κ2) is 7.25. The Labute approximate surface area is 115 Å². The molecule has 0 saturated carbocycles. The SMILES string of the molecule is COC(C(=O)NC(CC(N)=O)C(=O)O)c1ccccc1. The van der Waals surface area contributed by atoms with Crippen LogP contribution in [0.25, 0.3) is 0 Å². The molecule has 1 aromatic rings. The van der Waals surface area contributed by atoms with Gasteiger partial charge < -0.3 is 20.9 Å². The van der Waals surface area contributed by atoms with Crippen LogP contribution in [0, 0.1) is 0 Å². The van der Waals surface area contributed by atoms with Crippen LogP contribution in [0.5, 0.6) is 0 Å². The van der Waals surface area contributed by atoms with E-state index in [1.54, 1.807) is 30.3 Å². The van der Waals surface area contributed by atoms with Gasteiger partial charge in [0, 0.05) is 7.11 Å². The average molecular weight is 280 g/mol. The molecule has 2 amide bonds. The predicted octanol–water partition coefficient (Wildman–Crippen LogP) is -0.181. The Bertz CT molecular complexity index is 489. The number of carbonyl (C=O) groups excluding carboxylic acids is 2. The summed E-state index contributed by atoms with van der Waals surface area (Å²) in [7, 11) is 1.33. The van der Waals surface area contributed by atoms with Gasteiger partial charge in [-0.25, -0.2) is 4.79 Å². The number of rotatable bonds is 7. The van der Waals surface area contributed by atoms with Gasteiger partial charge in [-0.2, -0.15) is 0 Å². The molecule has 0 aromatic heterocycles. The monoisotopic (exact) mass is 280 g/mol. The number of nitrogens with one attached hydrogen (secondary N) is 1. The van der Waals surface area contributed by atoms with E-state index in [1.165, 1.54) is 7.11 Å². The van der Waals surface area contributed by atoms with E-state index in [-0.39, 0.29) is 0 Å². The molecule has 2 unspecified atom stereocenters. The molecule has 1 rings (SSSR count). The predicted molar refractivity (Wildman–Crippen MR) is 69.6 cm³/mol. The molecule has 4 N–H and O–H groups in total. The van der Waals surface area contributed by atoms with E-state index in [0.29, 0.717) is 5.56 Å². The molecule has 7 heteroatoms. The lowest BCUT2D eigenvalue weighted by molar-refractivity contribution is -0.145. The van der Waals surface area contributed by atoms with Gasteiger partial charge in [-0.3, -0.25) is 9.59 Å². The van der Waals surface area contributed by atoms with Crippen LogP contribution in [0.1, 0.15) is 18.1 Å². The Balaban J connectivity index is 2.81. The Kier molecular flexibility index (Phi) is 5.67. The average Bonchev–Trinajstić information content (AvgIpc) is 2.39. The van der Waals surface area contributed by atoms with E-state index in [0.717, 1.165) is 0 Å². The van der Waals surface area contributed by atoms with Gasteiger partial charge in [0.15, 0.2) is 6.10 Å². The highest BCUT2D eigenvalue weighted by Crippen LogP contribution is 2.16. The van der Waals surface area contributed by atoms with Crippen molar-refractivity contribution in [3.05, 3.63) is 35.9 Å². The van der Waals surface area contributed by atoms with Gasteiger partial charge in [-0.05, 0) is 5.56 Å². The zero-order valence-corrected chi connectivity index (χ0v) is 10.9. The highest BCUT2D eigenvalue weighted by atomic mass is 16.5. The number of ether oxygens (including phenoxy) is 1.